The van der Waals surface area contributed by atoms with Crippen LogP contribution >= 0.6 is 0 Å². The summed E-state index contributed by atoms with van der Waals surface area (Å²) < 4.78 is 0. The fraction of sp³-hybridized carbons (Fsp3) is 0.462. The van der Waals surface area contributed by atoms with Crippen LogP contribution in [-0.2, 0) is 0 Å². The first-order valence-electron chi connectivity index (χ1n) is 6.14. The molecule has 0 spiro atoms. The highest BCUT2D eigenvalue weighted by atomic mass is 15.1. The van der Waals surface area contributed by atoms with Crippen LogP contribution in [0, 0.1) is 0 Å². The van der Waals surface area contributed by atoms with E-state index in [2.05, 4.69) is 52.5 Å². The molecule has 0 aliphatic carbocycles. The highest BCUT2D eigenvalue weighted by Crippen LogP contribution is 2.25. The lowest BCUT2D eigenvalue weighted by Crippen LogP contribution is -2.13. The zero-order valence-electron chi connectivity index (χ0n) is 10.3. The van der Waals surface area contributed by atoms with Crippen molar-refractivity contribution in [1.29, 1.82) is 0 Å². The lowest BCUT2D eigenvalue weighted by Gasteiger charge is -2.11. The van der Waals surface area contributed by atoms with Gasteiger partial charge in [-0.25, -0.2) is 4.98 Å². The molecule has 0 radical (unpaired) electrons. The number of rotatable bonds is 2. The second kappa shape index (κ2) is 4.04. The van der Waals surface area contributed by atoms with E-state index in [0.29, 0.717) is 6.04 Å². The van der Waals surface area contributed by atoms with Gasteiger partial charge in [0.2, 0.25) is 0 Å². The normalized spacial score (nSPS) is 20.0. The number of aromatic nitrogens is 2. The molecule has 1 atom stereocenters. The zero-order chi connectivity index (χ0) is 11.8. The van der Waals surface area contributed by atoms with Crippen molar-refractivity contribution in [2.45, 2.75) is 18.9 Å². The maximum atomic E-state index is 4.66. The molecule has 2 aromatic rings. The number of anilines is 1. The Bertz CT molecular complexity index is 523. The van der Waals surface area contributed by atoms with Crippen molar-refractivity contribution in [3.05, 3.63) is 24.0 Å². The number of fused-ring (bicyclic) bond motifs is 1. The van der Waals surface area contributed by atoms with Gasteiger partial charge in [0.1, 0.15) is 5.82 Å². The Labute approximate surface area is 101 Å². The van der Waals surface area contributed by atoms with Crippen LogP contribution in [0.1, 0.15) is 24.7 Å². The summed E-state index contributed by atoms with van der Waals surface area (Å²) in [4.78, 5) is 10.2. The second-order valence-corrected chi connectivity index (χ2v) is 4.87. The van der Waals surface area contributed by atoms with E-state index < -0.39 is 0 Å². The van der Waals surface area contributed by atoms with Crippen LogP contribution in [0.15, 0.2) is 18.2 Å². The molecule has 4 nitrogen and oxygen atoms in total. The monoisotopic (exact) mass is 230 g/mol. The third kappa shape index (κ3) is 1.89. The Balaban J connectivity index is 2.00. The van der Waals surface area contributed by atoms with E-state index in [1.165, 1.54) is 18.5 Å². The summed E-state index contributed by atoms with van der Waals surface area (Å²) in [5.41, 5.74) is 3.38. The van der Waals surface area contributed by atoms with E-state index in [4.69, 9.17) is 0 Å². The van der Waals surface area contributed by atoms with Gasteiger partial charge >= 0.3 is 0 Å². The first kappa shape index (κ1) is 10.6. The molecule has 17 heavy (non-hydrogen) atoms. The van der Waals surface area contributed by atoms with Gasteiger partial charge in [0.25, 0.3) is 0 Å². The molecule has 2 N–H and O–H groups in total. The molecule has 1 aromatic heterocycles. The Morgan fingerprint density at radius 3 is 2.94 bits per heavy atom. The van der Waals surface area contributed by atoms with Gasteiger partial charge in [-0.05, 0) is 37.6 Å². The largest absolute Gasteiger partial charge is 0.378 e. The third-order valence-electron chi connectivity index (χ3n) is 3.39. The van der Waals surface area contributed by atoms with E-state index in [9.17, 15) is 0 Å². The quantitative estimate of drug-likeness (QED) is 0.830. The average molecular weight is 230 g/mol. The maximum absolute atomic E-state index is 4.66. The molecule has 1 aromatic carbocycles. The minimum atomic E-state index is 0.408. The first-order valence-corrected chi connectivity index (χ1v) is 6.14. The topological polar surface area (TPSA) is 44.0 Å². The van der Waals surface area contributed by atoms with Crippen molar-refractivity contribution < 1.29 is 0 Å². The molecule has 1 unspecified atom stereocenters. The summed E-state index contributed by atoms with van der Waals surface area (Å²) in [5, 5.41) is 3.47. The van der Waals surface area contributed by atoms with Crippen molar-refractivity contribution in [2.75, 3.05) is 25.5 Å². The van der Waals surface area contributed by atoms with Gasteiger partial charge in [-0.2, -0.15) is 0 Å². The lowest BCUT2D eigenvalue weighted by molar-refractivity contribution is 0.614. The Hall–Kier alpha value is -1.55. The van der Waals surface area contributed by atoms with E-state index in [1.807, 2.05) is 0 Å². The Morgan fingerprint density at radius 2 is 2.24 bits per heavy atom. The number of H-pyrrole nitrogens is 1. The number of aromatic amines is 1. The SMILES string of the molecule is CN(C)c1ccc2nc(C3CCCN3)[nH]c2c1. The van der Waals surface area contributed by atoms with Crippen LogP contribution in [-0.4, -0.2) is 30.6 Å². The Kier molecular flexibility index (Phi) is 2.52. The molecule has 1 saturated heterocycles. The number of nitrogens with one attached hydrogen (secondary N) is 2. The van der Waals surface area contributed by atoms with Gasteiger partial charge in [-0.1, -0.05) is 0 Å². The van der Waals surface area contributed by atoms with Gasteiger partial charge in [-0.15, -0.1) is 0 Å². The van der Waals surface area contributed by atoms with Crippen LogP contribution in [0.25, 0.3) is 11.0 Å². The minimum Gasteiger partial charge on any atom is -0.378 e. The minimum absolute atomic E-state index is 0.408. The van der Waals surface area contributed by atoms with Crippen molar-refractivity contribution in [3.63, 3.8) is 0 Å². The summed E-state index contributed by atoms with van der Waals surface area (Å²) in [7, 11) is 4.11. The molecule has 0 bridgehead atoms. The number of hydrogen-bond acceptors (Lipinski definition) is 3. The van der Waals surface area contributed by atoms with Crippen molar-refractivity contribution in [3.8, 4) is 0 Å². The predicted octanol–water partition coefficient (Wildman–Crippen LogP) is 2.05. The predicted molar refractivity (Wildman–Crippen MR) is 70.4 cm³/mol. The van der Waals surface area contributed by atoms with Crippen molar-refractivity contribution in [2.24, 2.45) is 0 Å². The summed E-state index contributed by atoms with van der Waals surface area (Å²) in [5.74, 6) is 1.08. The molecule has 90 valence electrons. The van der Waals surface area contributed by atoms with Crippen LogP contribution in [0.4, 0.5) is 5.69 Å². The fourth-order valence-corrected chi connectivity index (χ4v) is 2.38. The van der Waals surface area contributed by atoms with E-state index in [1.54, 1.807) is 0 Å². The molecular formula is C13H18N4. The number of benzene rings is 1. The fourth-order valence-electron chi connectivity index (χ4n) is 2.38. The second-order valence-electron chi connectivity index (χ2n) is 4.87. The average Bonchev–Trinajstić information content (AvgIpc) is 2.96. The molecule has 4 heteroatoms. The maximum Gasteiger partial charge on any atom is 0.124 e. The smallest absolute Gasteiger partial charge is 0.124 e. The highest BCUT2D eigenvalue weighted by Gasteiger charge is 2.19. The zero-order valence-corrected chi connectivity index (χ0v) is 10.3. The molecular weight excluding hydrogens is 212 g/mol. The van der Waals surface area contributed by atoms with Crippen LogP contribution in [0.3, 0.4) is 0 Å². The summed E-state index contributed by atoms with van der Waals surface area (Å²) in [6, 6.07) is 6.75. The standard InChI is InChI=1S/C13H18N4/c1-17(2)9-5-6-10-12(8-9)16-13(15-10)11-4-3-7-14-11/h5-6,8,11,14H,3-4,7H2,1-2H3,(H,15,16). The summed E-state index contributed by atoms with van der Waals surface area (Å²) in [6.07, 6.45) is 2.42. The molecule has 0 amide bonds. The number of imidazole rings is 1. The van der Waals surface area contributed by atoms with Crippen molar-refractivity contribution >= 4 is 16.7 Å². The highest BCUT2D eigenvalue weighted by molar-refractivity contribution is 5.79. The number of hydrogen-bond donors (Lipinski definition) is 2. The molecule has 0 saturated carbocycles. The summed E-state index contributed by atoms with van der Waals surface area (Å²) >= 11 is 0. The van der Waals surface area contributed by atoms with E-state index >= 15 is 0 Å². The Morgan fingerprint density at radius 1 is 1.35 bits per heavy atom. The van der Waals surface area contributed by atoms with E-state index in [-0.39, 0.29) is 0 Å². The first-order chi connectivity index (χ1) is 8.24. The number of nitrogens with zero attached hydrogens (tertiary/aromatic N) is 2. The van der Waals surface area contributed by atoms with Gasteiger partial charge in [0.05, 0.1) is 17.1 Å². The molecule has 1 fully saturated rings. The summed E-state index contributed by atoms with van der Waals surface area (Å²) in [6.45, 7) is 1.10. The van der Waals surface area contributed by atoms with Gasteiger partial charge in [-0.3, -0.25) is 0 Å². The van der Waals surface area contributed by atoms with Crippen LogP contribution < -0.4 is 10.2 Å². The lowest BCUT2D eigenvalue weighted by atomic mass is 10.2. The molecule has 1 aliphatic heterocycles. The van der Waals surface area contributed by atoms with E-state index in [0.717, 1.165) is 23.4 Å². The molecule has 2 heterocycles. The van der Waals surface area contributed by atoms with Gasteiger partial charge in [0, 0.05) is 19.8 Å². The molecule has 1 aliphatic rings. The van der Waals surface area contributed by atoms with Crippen LogP contribution in [0.5, 0.6) is 0 Å². The van der Waals surface area contributed by atoms with Gasteiger partial charge in [0.15, 0.2) is 0 Å². The third-order valence-corrected chi connectivity index (χ3v) is 3.39. The van der Waals surface area contributed by atoms with Gasteiger partial charge < -0.3 is 15.2 Å². The van der Waals surface area contributed by atoms with Crippen molar-refractivity contribution in [1.82, 2.24) is 15.3 Å². The molecule has 3 rings (SSSR count). The van der Waals surface area contributed by atoms with Crippen LogP contribution in [0.2, 0.25) is 0 Å².